The molecule has 5 nitrogen and oxygen atoms in total. The van der Waals surface area contributed by atoms with E-state index in [1.165, 1.54) is 7.05 Å². The van der Waals surface area contributed by atoms with E-state index in [-0.39, 0.29) is 0 Å². The first kappa shape index (κ1) is 9.64. The number of aliphatic imine (C=N–C) groups is 1. The molecule has 0 bridgehead atoms. The fraction of sp³-hybridized carbons (Fsp3) is 0.333. The molecule has 0 spiro atoms. The van der Waals surface area contributed by atoms with Gasteiger partial charge in [-0.3, -0.25) is 10.6 Å². The summed E-state index contributed by atoms with van der Waals surface area (Å²) in [6.07, 6.45) is 0. The van der Waals surface area contributed by atoms with Gasteiger partial charge in [-0.15, -0.1) is 0 Å². The lowest BCUT2D eigenvalue weighted by Crippen LogP contribution is -2.20. The maximum absolute atomic E-state index is 8.83. The topological polar surface area (TPSA) is 60.2 Å². The van der Waals surface area contributed by atoms with E-state index in [1.807, 2.05) is 0 Å². The second-order valence-electron chi connectivity index (χ2n) is 1.90. The molecular formula is C6H12N4O. The molecule has 0 saturated heterocycles. The number of hydrogen-bond acceptors (Lipinski definition) is 4. The molecule has 62 valence electrons. The molecule has 0 aromatic heterocycles. The number of nitrogens with one attached hydrogen (secondary N) is 1. The lowest BCUT2D eigenvalue weighted by molar-refractivity contribution is 0.0127. The highest BCUT2D eigenvalue weighted by Crippen LogP contribution is 1.89. The fourth-order valence-corrected chi connectivity index (χ4v) is 0.384. The number of hydroxylamine groups is 2. The van der Waals surface area contributed by atoms with E-state index in [2.05, 4.69) is 28.8 Å². The molecule has 11 heavy (non-hydrogen) atoms. The summed E-state index contributed by atoms with van der Waals surface area (Å²) in [5.41, 5.74) is 2.43. The minimum absolute atomic E-state index is 0.332. The number of hydrogen-bond donors (Lipinski definition) is 2. The molecule has 0 fully saturated rings. The first-order valence-electron chi connectivity index (χ1n) is 2.96. The van der Waals surface area contributed by atoms with Crippen LogP contribution in [-0.2, 0) is 0 Å². The molecule has 0 radical (unpaired) electrons. The van der Waals surface area contributed by atoms with Crippen LogP contribution < -0.4 is 5.43 Å². The Kier molecular flexibility index (Phi) is 3.90. The summed E-state index contributed by atoms with van der Waals surface area (Å²) in [7, 11) is 1.47. The van der Waals surface area contributed by atoms with Crippen LogP contribution in [0.4, 0.5) is 0 Å². The molecule has 0 amide bonds. The van der Waals surface area contributed by atoms with Gasteiger partial charge in [0.2, 0.25) is 0 Å². The van der Waals surface area contributed by atoms with E-state index in [0.29, 0.717) is 11.7 Å². The second-order valence-corrected chi connectivity index (χ2v) is 1.90. The lowest BCUT2D eigenvalue weighted by atomic mass is 10.6. The second kappa shape index (κ2) is 4.45. The van der Waals surface area contributed by atoms with Gasteiger partial charge in [0.05, 0.1) is 0 Å². The third-order valence-corrected chi connectivity index (χ3v) is 0.973. The summed E-state index contributed by atoms with van der Waals surface area (Å²) < 4.78 is 0. The van der Waals surface area contributed by atoms with Crippen LogP contribution in [0.25, 0.3) is 0 Å². The van der Waals surface area contributed by atoms with Crippen LogP contribution in [0.1, 0.15) is 6.92 Å². The van der Waals surface area contributed by atoms with Gasteiger partial charge in [0.25, 0.3) is 0 Å². The van der Waals surface area contributed by atoms with Gasteiger partial charge in [-0.2, -0.15) is 5.10 Å². The van der Waals surface area contributed by atoms with Gasteiger partial charge in [-0.05, 0) is 6.92 Å². The van der Waals surface area contributed by atoms with Gasteiger partial charge in [0, 0.05) is 13.8 Å². The van der Waals surface area contributed by atoms with Gasteiger partial charge in [0.1, 0.15) is 11.7 Å². The number of amidine groups is 1. The molecule has 0 heterocycles. The van der Waals surface area contributed by atoms with Crippen molar-refractivity contribution < 1.29 is 5.21 Å². The van der Waals surface area contributed by atoms with Crippen molar-refractivity contribution in [3.8, 4) is 0 Å². The van der Waals surface area contributed by atoms with Gasteiger partial charge in [0.15, 0.2) is 0 Å². The molecule has 0 aromatic rings. The summed E-state index contributed by atoms with van der Waals surface area (Å²) >= 11 is 0. The third-order valence-electron chi connectivity index (χ3n) is 0.973. The minimum atomic E-state index is 0.332. The molecule has 0 unspecified atom stereocenters. The van der Waals surface area contributed by atoms with Crippen LogP contribution in [0.3, 0.4) is 0 Å². The van der Waals surface area contributed by atoms with E-state index in [9.17, 15) is 0 Å². The predicted octanol–water partition coefficient (Wildman–Crippen LogP) is 0.402. The van der Waals surface area contributed by atoms with Crippen molar-refractivity contribution in [3.05, 3.63) is 12.4 Å². The van der Waals surface area contributed by atoms with Crippen LogP contribution in [0.15, 0.2) is 22.5 Å². The zero-order chi connectivity index (χ0) is 8.85. The first-order chi connectivity index (χ1) is 5.07. The maximum atomic E-state index is 8.83. The average molecular weight is 156 g/mol. The zero-order valence-corrected chi connectivity index (χ0v) is 6.70. The van der Waals surface area contributed by atoms with E-state index >= 15 is 0 Å². The molecule has 0 aromatic carbocycles. The highest BCUT2D eigenvalue weighted by Gasteiger charge is 1.94. The number of rotatable bonds is 3. The Labute approximate surface area is 65.7 Å². The molecule has 0 saturated carbocycles. The van der Waals surface area contributed by atoms with E-state index in [0.717, 1.165) is 5.06 Å². The van der Waals surface area contributed by atoms with Crippen molar-refractivity contribution in [1.29, 1.82) is 0 Å². The molecule has 0 rings (SSSR count). The normalized spacial score (nSPS) is 10.6. The van der Waals surface area contributed by atoms with Gasteiger partial charge in [-0.25, -0.2) is 10.1 Å². The summed E-state index contributed by atoms with van der Waals surface area (Å²) in [6, 6.07) is 0. The summed E-state index contributed by atoms with van der Waals surface area (Å²) in [4.78, 5) is 3.82. The van der Waals surface area contributed by atoms with Gasteiger partial charge >= 0.3 is 0 Å². The zero-order valence-electron chi connectivity index (χ0n) is 6.70. The molecule has 5 heteroatoms. The summed E-state index contributed by atoms with van der Waals surface area (Å²) in [5.74, 6) is 0.754. The highest BCUT2D eigenvalue weighted by atomic mass is 16.5. The molecule has 0 atom stereocenters. The van der Waals surface area contributed by atoms with Crippen molar-refractivity contribution in [2.45, 2.75) is 6.92 Å². The quantitative estimate of drug-likeness (QED) is 0.353. The van der Waals surface area contributed by atoms with Crippen molar-refractivity contribution in [2.75, 3.05) is 7.05 Å². The lowest BCUT2D eigenvalue weighted by Gasteiger charge is -2.08. The fourth-order valence-electron chi connectivity index (χ4n) is 0.384. The number of nitrogens with zero attached hydrogens (tertiary/aromatic N) is 3. The maximum Gasteiger partial charge on any atom is 0.141 e. The van der Waals surface area contributed by atoms with Crippen molar-refractivity contribution in [1.82, 2.24) is 10.5 Å². The Hall–Kier alpha value is -1.36. The van der Waals surface area contributed by atoms with Crippen LogP contribution in [-0.4, -0.2) is 29.9 Å². The Morgan fingerprint density at radius 1 is 1.64 bits per heavy atom. The Balaban J connectivity index is 4.07. The van der Waals surface area contributed by atoms with Crippen LogP contribution in [0, 0.1) is 0 Å². The molecular weight excluding hydrogens is 144 g/mol. The van der Waals surface area contributed by atoms with Crippen LogP contribution in [0.2, 0.25) is 0 Å². The smallest absolute Gasteiger partial charge is 0.141 e. The monoisotopic (exact) mass is 156 g/mol. The molecule has 0 aliphatic heterocycles. The first-order valence-corrected chi connectivity index (χ1v) is 2.96. The summed E-state index contributed by atoms with van der Waals surface area (Å²) in [6.45, 7) is 8.32. The third kappa shape index (κ3) is 4.10. The average Bonchev–Trinajstić information content (AvgIpc) is 1.87. The largest absolute Gasteiger partial charge is 0.288 e. The Morgan fingerprint density at radius 3 is 2.55 bits per heavy atom. The van der Waals surface area contributed by atoms with E-state index in [4.69, 9.17) is 5.21 Å². The highest BCUT2D eigenvalue weighted by molar-refractivity contribution is 5.79. The standard InChI is InChI=1S/C6H12N4O/c1-5(9-7-3)8-6(2)10(4)11/h9,11H,1,3H2,2,4H3/b8-6-. The van der Waals surface area contributed by atoms with Crippen molar-refractivity contribution >= 4 is 12.6 Å². The predicted molar refractivity (Wildman–Crippen MR) is 44.5 cm³/mol. The van der Waals surface area contributed by atoms with E-state index < -0.39 is 0 Å². The minimum Gasteiger partial charge on any atom is -0.288 e. The Morgan fingerprint density at radius 2 is 2.18 bits per heavy atom. The molecule has 2 N–H and O–H groups in total. The van der Waals surface area contributed by atoms with Crippen molar-refractivity contribution in [3.63, 3.8) is 0 Å². The van der Waals surface area contributed by atoms with Gasteiger partial charge in [-0.1, -0.05) is 6.58 Å². The van der Waals surface area contributed by atoms with Crippen LogP contribution >= 0.6 is 0 Å². The van der Waals surface area contributed by atoms with Gasteiger partial charge < -0.3 is 0 Å². The summed E-state index contributed by atoms with van der Waals surface area (Å²) in [5, 5.41) is 13.1. The number of hydrazone groups is 1. The molecule has 0 aliphatic rings. The van der Waals surface area contributed by atoms with Crippen LogP contribution in [0.5, 0.6) is 0 Å². The van der Waals surface area contributed by atoms with Crippen molar-refractivity contribution in [2.24, 2.45) is 10.1 Å². The SMILES string of the molecule is C=NNC(=C)/N=C(/C)N(C)O. The molecule has 0 aliphatic carbocycles. The van der Waals surface area contributed by atoms with E-state index in [1.54, 1.807) is 6.92 Å². The Bertz CT molecular complexity index is 185.